The van der Waals surface area contributed by atoms with Crippen LogP contribution in [-0.2, 0) is 0 Å². The van der Waals surface area contributed by atoms with E-state index >= 15 is 0 Å². The summed E-state index contributed by atoms with van der Waals surface area (Å²) < 4.78 is 0. The van der Waals surface area contributed by atoms with Gasteiger partial charge in [0, 0.05) is 12.1 Å². The summed E-state index contributed by atoms with van der Waals surface area (Å²) in [6.07, 6.45) is 4.29. The highest BCUT2D eigenvalue weighted by molar-refractivity contribution is 7.98. The molecule has 0 bridgehead atoms. The van der Waals surface area contributed by atoms with E-state index in [0.29, 0.717) is 12.0 Å². The van der Waals surface area contributed by atoms with Crippen LogP contribution in [0.25, 0.3) is 0 Å². The minimum atomic E-state index is 0.254. The van der Waals surface area contributed by atoms with Gasteiger partial charge in [0.1, 0.15) is 0 Å². The lowest BCUT2D eigenvalue weighted by Crippen LogP contribution is -2.43. The van der Waals surface area contributed by atoms with E-state index in [1.165, 1.54) is 0 Å². The highest BCUT2D eigenvalue weighted by Gasteiger charge is 2.15. The second-order valence-electron chi connectivity index (χ2n) is 4.09. The van der Waals surface area contributed by atoms with Crippen molar-refractivity contribution in [3.05, 3.63) is 0 Å². The lowest BCUT2D eigenvalue weighted by atomic mass is 10.0. The van der Waals surface area contributed by atoms with Crippen molar-refractivity contribution in [2.75, 3.05) is 18.6 Å². The van der Waals surface area contributed by atoms with Crippen molar-refractivity contribution in [3.8, 4) is 0 Å². The molecule has 0 aliphatic rings. The van der Waals surface area contributed by atoms with Crippen LogP contribution in [-0.4, -0.2) is 35.8 Å². The van der Waals surface area contributed by atoms with Gasteiger partial charge in [0.05, 0.1) is 6.61 Å². The van der Waals surface area contributed by atoms with Crippen molar-refractivity contribution >= 4 is 11.8 Å². The predicted octanol–water partition coefficient (Wildman–Crippen LogP) is 2.12. The van der Waals surface area contributed by atoms with Crippen molar-refractivity contribution in [2.24, 2.45) is 5.92 Å². The fourth-order valence-corrected chi connectivity index (χ4v) is 2.09. The SMILES string of the molecule is CCC(NC(CO)CCSC)C(C)C. The third kappa shape index (κ3) is 5.89. The average molecular weight is 219 g/mol. The Balaban J connectivity index is 3.87. The summed E-state index contributed by atoms with van der Waals surface area (Å²) in [5, 5.41) is 12.7. The molecule has 0 saturated heterocycles. The highest BCUT2D eigenvalue weighted by Crippen LogP contribution is 2.08. The molecule has 14 heavy (non-hydrogen) atoms. The summed E-state index contributed by atoms with van der Waals surface area (Å²) in [5.74, 6) is 1.76. The minimum Gasteiger partial charge on any atom is -0.395 e. The van der Waals surface area contributed by atoms with E-state index in [-0.39, 0.29) is 12.6 Å². The summed E-state index contributed by atoms with van der Waals surface area (Å²) in [4.78, 5) is 0. The molecule has 0 aliphatic heterocycles. The largest absolute Gasteiger partial charge is 0.395 e. The van der Waals surface area contributed by atoms with Gasteiger partial charge in [0.15, 0.2) is 0 Å². The molecule has 0 heterocycles. The first-order chi connectivity index (χ1) is 6.65. The molecule has 86 valence electrons. The maximum atomic E-state index is 9.21. The zero-order chi connectivity index (χ0) is 11.0. The van der Waals surface area contributed by atoms with Crippen LogP contribution >= 0.6 is 11.8 Å². The van der Waals surface area contributed by atoms with Crippen LogP contribution in [0.5, 0.6) is 0 Å². The molecule has 3 heteroatoms. The van der Waals surface area contributed by atoms with Gasteiger partial charge < -0.3 is 10.4 Å². The van der Waals surface area contributed by atoms with E-state index in [0.717, 1.165) is 18.6 Å². The zero-order valence-electron chi connectivity index (χ0n) is 9.92. The van der Waals surface area contributed by atoms with Gasteiger partial charge in [0.25, 0.3) is 0 Å². The number of aliphatic hydroxyl groups excluding tert-OH is 1. The first kappa shape index (κ1) is 14.3. The van der Waals surface area contributed by atoms with Crippen LogP contribution in [0.4, 0.5) is 0 Å². The minimum absolute atomic E-state index is 0.254. The standard InChI is InChI=1S/C11H25NOS/c1-5-11(9(2)3)12-10(8-13)6-7-14-4/h9-13H,5-8H2,1-4H3. The first-order valence-electron chi connectivity index (χ1n) is 5.51. The predicted molar refractivity (Wildman–Crippen MR) is 65.9 cm³/mol. The van der Waals surface area contributed by atoms with Gasteiger partial charge in [-0.15, -0.1) is 0 Å². The van der Waals surface area contributed by atoms with Crippen LogP contribution in [0.1, 0.15) is 33.6 Å². The highest BCUT2D eigenvalue weighted by atomic mass is 32.2. The summed E-state index contributed by atoms with van der Waals surface area (Å²) in [5.41, 5.74) is 0. The molecular formula is C11H25NOS. The van der Waals surface area contributed by atoms with Gasteiger partial charge >= 0.3 is 0 Å². The van der Waals surface area contributed by atoms with Crippen LogP contribution in [0, 0.1) is 5.92 Å². The third-order valence-electron chi connectivity index (χ3n) is 2.59. The summed E-state index contributed by atoms with van der Waals surface area (Å²) in [6, 6.07) is 0.809. The summed E-state index contributed by atoms with van der Waals surface area (Å²) >= 11 is 1.84. The topological polar surface area (TPSA) is 32.3 Å². The van der Waals surface area contributed by atoms with E-state index in [1.54, 1.807) is 0 Å². The normalized spacial score (nSPS) is 15.9. The van der Waals surface area contributed by atoms with Crippen molar-refractivity contribution in [1.82, 2.24) is 5.32 Å². The van der Waals surface area contributed by atoms with E-state index < -0.39 is 0 Å². The third-order valence-corrected chi connectivity index (χ3v) is 3.23. The Bertz CT molecular complexity index is 130. The van der Waals surface area contributed by atoms with Crippen LogP contribution in [0.2, 0.25) is 0 Å². The van der Waals surface area contributed by atoms with E-state index in [4.69, 9.17) is 0 Å². The summed E-state index contributed by atoms with van der Waals surface area (Å²) in [6.45, 7) is 6.90. The fraction of sp³-hybridized carbons (Fsp3) is 1.00. The Morgan fingerprint density at radius 3 is 2.36 bits per heavy atom. The second-order valence-corrected chi connectivity index (χ2v) is 5.07. The molecule has 2 unspecified atom stereocenters. The monoisotopic (exact) mass is 219 g/mol. The fourth-order valence-electron chi connectivity index (χ4n) is 1.57. The molecule has 2 nitrogen and oxygen atoms in total. The Morgan fingerprint density at radius 2 is 2.00 bits per heavy atom. The van der Waals surface area contributed by atoms with Crippen molar-refractivity contribution in [3.63, 3.8) is 0 Å². The Labute approximate surface area is 92.9 Å². The Morgan fingerprint density at radius 1 is 1.36 bits per heavy atom. The number of hydrogen-bond acceptors (Lipinski definition) is 3. The molecule has 0 spiro atoms. The number of hydrogen-bond donors (Lipinski definition) is 2. The van der Waals surface area contributed by atoms with E-state index in [9.17, 15) is 5.11 Å². The molecule has 2 atom stereocenters. The quantitative estimate of drug-likeness (QED) is 0.656. The van der Waals surface area contributed by atoms with Crippen molar-refractivity contribution in [2.45, 2.75) is 45.7 Å². The first-order valence-corrected chi connectivity index (χ1v) is 6.90. The molecular weight excluding hydrogens is 194 g/mol. The number of nitrogens with one attached hydrogen (secondary N) is 1. The van der Waals surface area contributed by atoms with Gasteiger partial charge in [-0.1, -0.05) is 20.8 Å². The molecule has 0 aliphatic carbocycles. The number of aliphatic hydroxyl groups is 1. The molecule has 0 saturated carbocycles. The van der Waals surface area contributed by atoms with Crippen LogP contribution in [0.3, 0.4) is 0 Å². The molecule has 0 amide bonds. The maximum absolute atomic E-state index is 9.21. The van der Waals surface area contributed by atoms with Crippen molar-refractivity contribution < 1.29 is 5.11 Å². The Kier molecular flexibility index (Phi) is 8.73. The average Bonchev–Trinajstić information content (AvgIpc) is 2.18. The molecule has 0 radical (unpaired) electrons. The smallest absolute Gasteiger partial charge is 0.0585 e. The molecule has 2 N–H and O–H groups in total. The molecule has 0 rings (SSSR count). The molecule has 0 aromatic rings. The van der Waals surface area contributed by atoms with E-state index in [1.807, 2.05) is 11.8 Å². The Hall–Kier alpha value is 0.270. The lowest BCUT2D eigenvalue weighted by molar-refractivity contribution is 0.215. The molecule has 0 fully saturated rings. The zero-order valence-corrected chi connectivity index (χ0v) is 10.7. The van der Waals surface area contributed by atoms with Crippen molar-refractivity contribution in [1.29, 1.82) is 0 Å². The number of thioether (sulfide) groups is 1. The molecule has 0 aromatic carbocycles. The lowest BCUT2D eigenvalue weighted by Gasteiger charge is -2.26. The van der Waals surface area contributed by atoms with Crippen LogP contribution < -0.4 is 5.32 Å². The van der Waals surface area contributed by atoms with Crippen LogP contribution in [0.15, 0.2) is 0 Å². The molecule has 0 aromatic heterocycles. The van der Waals surface area contributed by atoms with Gasteiger partial charge in [-0.2, -0.15) is 11.8 Å². The van der Waals surface area contributed by atoms with Gasteiger partial charge in [-0.05, 0) is 30.8 Å². The van der Waals surface area contributed by atoms with Gasteiger partial charge in [0.2, 0.25) is 0 Å². The maximum Gasteiger partial charge on any atom is 0.0585 e. The number of rotatable bonds is 8. The van der Waals surface area contributed by atoms with E-state index in [2.05, 4.69) is 32.3 Å². The van der Waals surface area contributed by atoms with Gasteiger partial charge in [-0.25, -0.2) is 0 Å². The second kappa shape index (κ2) is 8.57. The summed E-state index contributed by atoms with van der Waals surface area (Å²) in [7, 11) is 0. The van der Waals surface area contributed by atoms with Gasteiger partial charge in [-0.3, -0.25) is 0 Å².